The minimum absolute atomic E-state index is 0.175. The predicted molar refractivity (Wildman–Crippen MR) is 72.6 cm³/mol. The van der Waals surface area contributed by atoms with Crippen LogP contribution in [0.4, 0.5) is 13.2 Å². The standard InChI is InChI=1S/C11H13F3N2O2S2/c1-10(2,9(15)19)16-20(17,18)8-6-4-3-5-7(8)11(12,13)14/h3-6,16H,1-2H3,(H2,15,19). The Bertz CT molecular complexity index is 625. The lowest BCUT2D eigenvalue weighted by Gasteiger charge is -2.25. The van der Waals surface area contributed by atoms with Crippen LogP contribution in [0, 0.1) is 0 Å². The topological polar surface area (TPSA) is 72.2 Å². The average molecular weight is 326 g/mol. The van der Waals surface area contributed by atoms with E-state index in [1.807, 2.05) is 0 Å². The molecule has 1 aromatic rings. The molecule has 0 atom stereocenters. The molecule has 0 spiro atoms. The van der Waals surface area contributed by atoms with Crippen molar-refractivity contribution in [3.8, 4) is 0 Å². The third kappa shape index (κ3) is 3.68. The fourth-order valence-electron chi connectivity index (χ4n) is 1.38. The lowest BCUT2D eigenvalue weighted by molar-refractivity contribution is -0.139. The molecule has 0 aromatic heterocycles. The van der Waals surface area contributed by atoms with Crippen LogP contribution in [0.1, 0.15) is 19.4 Å². The summed E-state index contributed by atoms with van der Waals surface area (Å²) in [4.78, 5) is -1.04. The number of nitrogens with two attached hydrogens (primary N) is 1. The van der Waals surface area contributed by atoms with Gasteiger partial charge in [-0.2, -0.15) is 17.9 Å². The van der Waals surface area contributed by atoms with Crippen molar-refractivity contribution < 1.29 is 21.6 Å². The van der Waals surface area contributed by atoms with Gasteiger partial charge in [0.15, 0.2) is 0 Å². The lowest BCUT2D eigenvalue weighted by Crippen LogP contribution is -2.52. The van der Waals surface area contributed by atoms with Crippen LogP contribution in [-0.4, -0.2) is 18.9 Å². The second kappa shape index (κ2) is 5.30. The number of hydrogen-bond donors (Lipinski definition) is 2. The summed E-state index contributed by atoms with van der Waals surface area (Å²) in [5.41, 5.74) is 2.78. The van der Waals surface area contributed by atoms with E-state index in [4.69, 9.17) is 5.73 Å². The molecule has 0 heterocycles. The molecule has 0 saturated heterocycles. The molecule has 0 amide bonds. The maximum atomic E-state index is 12.8. The molecule has 0 aliphatic carbocycles. The zero-order valence-electron chi connectivity index (χ0n) is 10.7. The first kappa shape index (κ1) is 16.9. The normalized spacial score (nSPS) is 13.2. The monoisotopic (exact) mass is 326 g/mol. The van der Waals surface area contributed by atoms with Crippen LogP contribution in [0.5, 0.6) is 0 Å². The molecule has 3 N–H and O–H groups in total. The van der Waals surface area contributed by atoms with Crippen molar-refractivity contribution in [3.05, 3.63) is 29.8 Å². The van der Waals surface area contributed by atoms with E-state index in [1.165, 1.54) is 19.9 Å². The van der Waals surface area contributed by atoms with Crippen molar-refractivity contribution in [2.24, 2.45) is 5.73 Å². The number of halogens is 3. The number of hydrogen-bond acceptors (Lipinski definition) is 3. The highest BCUT2D eigenvalue weighted by Crippen LogP contribution is 2.34. The molecular weight excluding hydrogens is 313 g/mol. The maximum absolute atomic E-state index is 12.8. The average Bonchev–Trinajstić information content (AvgIpc) is 2.26. The van der Waals surface area contributed by atoms with E-state index in [0.29, 0.717) is 6.07 Å². The van der Waals surface area contributed by atoms with Gasteiger partial charge in [-0.05, 0) is 26.0 Å². The number of alkyl halides is 3. The summed E-state index contributed by atoms with van der Waals surface area (Å²) in [5, 5.41) is 0. The molecule has 0 radical (unpaired) electrons. The highest BCUT2D eigenvalue weighted by atomic mass is 32.2. The Balaban J connectivity index is 3.35. The van der Waals surface area contributed by atoms with Crippen LogP contribution >= 0.6 is 12.2 Å². The molecule has 0 saturated carbocycles. The molecule has 0 bridgehead atoms. The molecule has 1 aromatic carbocycles. The van der Waals surface area contributed by atoms with Gasteiger partial charge in [0.25, 0.3) is 0 Å². The summed E-state index contributed by atoms with van der Waals surface area (Å²) in [6.07, 6.45) is -4.78. The Labute approximate surface area is 120 Å². The van der Waals surface area contributed by atoms with Crippen molar-refractivity contribution >= 4 is 27.2 Å². The Morgan fingerprint density at radius 1 is 1.25 bits per heavy atom. The summed E-state index contributed by atoms with van der Waals surface area (Å²) in [5.74, 6) is 0. The highest BCUT2D eigenvalue weighted by molar-refractivity contribution is 7.89. The number of benzene rings is 1. The number of nitrogens with one attached hydrogen (secondary N) is 1. The van der Waals surface area contributed by atoms with E-state index in [0.717, 1.165) is 12.1 Å². The molecule has 0 fully saturated rings. The van der Waals surface area contributed by atoms with E-state index >= 15 is 0 Å². The van der Waals surface area contributed by atoms with Gasteiger partial charge in [0, 0.05) is 0 Å². The molecule has 0 aliphatic heterocycles. The van der Waals surface area contributed by atoms with Gasteiger partial charge >= 0.3 is 6.18 Å². The molecule has 112 valence electrons. The Kier molecular flexibility index (Phi) is 4.47. The van der Waals surface area contributed by atoms with Gasteiger partial charge < -0.3 is 5.73 Å². The van der Waals surface area contributed by atoms with E-state index < -0.39 is 32.2 Å². The van der Waals surface area contributed by atoms with Gasteiger partial charge in [0.2, 0.25) is 10.0 Å². The summed E-state index contributed by atoms with van der Waals surface area (Å²) in [6, 6.07) is 3.89. The Morgan fingerprint density at radius 2 is 1.75 bits per heavy atom. The number of rotatable bonds is 4. The third-order valence-corrected chi connectivity index (χ3v) is 4.71. The van der Waals surface area contributed by atoms with Crippen molar-refractivity contribution in [2.75, 3.05) is 0 Å². The van der Waals surface area contributed by atoms with Crippen molar-refractivity contribution in [1.82, 2.24) is 4.72 Å². The molecule has 9 heteroatoms. The van der Waals surface area contributed by atoms with Crippen LogP contribution in [0.15, 0.2) is 29.2 Å². The molecule has 4 nitrogen and oxygen atoms in total. The second-order valence-corrected chi connectivity index (χ2v) is 6.68. The van der Waals surface area contributed by atoms with Gasteiger partial charge in [0.05, 0.1) is 21.0 Å². The fourth-order valence-corrected chi connectivity index (χ4v) is 3.11. The SMILES string of the molecule is CC(C)(NS(=O)(=O)c1ccccc1C(F)(F)F)C(N)=S. The zero-order chi connectivity index (χ0) is 15.8. The predicted octanol–water partition coefficient (Wildman–Crippen LogP) is 2.05. The zero-order valence-corrected chi connectivity index (χ0v) is 12.3. The highest BCUT2D eigenvalue weighted by Gasteiger charge is 2.38. The van der Waals surface area contributed by atoms with E-state index in [2.05, 4.69) is 16.9 Å². The van der Waals surface area contributed by atoms with Crippen LogP contribution in [0.25, 0.3) is 0 Å². The van der Waals surface area contributed by atoms with Gasteiger partial charge in [0.1, 0.15) is 0 Å². The van der Waals surface area contributed by atoms with Crippen molar-refractivity contribution in [1.29, 1.82) is 0 Å². The minimum Gasteiger partial charge on any atom is -0.392 e. The van der Waals surface area contributed by atoms with Crippen molar-refractivity contribution in [3.63, 3.8) is 0 Å². The lowest BCUT2D eigenvalue weighted by atomic mass is 10.1. The Hall–Kier alpha value is -1.19. The summed E-state index contributed by atoms with van der Waals surface area (Å²) in [7, 11) is -4.41. The third-order valence-electron chi connectivity index (χ3n) is 2.49. The van der Waals surface area contributed by atoms with Crippen LogP contribution < -0.4 is 10.5 Å². The van der Waals surface area contributed by atoms with Gasteiger partial charge in [-0.15, -0.1) is 0 Å². The maximum Gasteiger partial charge on any atom is 0.417 e. The summed E-state index contributed by atoms with van der Waals surface area (Å²) < 4.78 is 64.7. The van der Waals surface area contributed by atoms with Gasteiger partial charge in [-0.3, -0.25) is 0 Å². The van der Waals surface area contributed by atoms with Crippen LogP contribution in [0.3, 0.4) is 0 Å². The van der Waals surface area contributed by atoms with Gasteiger partial charge in [-0.1, -0.05) is 24.4 Å². The van der Waals surface area contributed by atoms with E-state index in [9.17, 15) is 21.6 Å². The quantitative estimate of drug-likeness (QED) is 0.831. The molecular formula is C11H13F3N2O2S2. The first-order valence-corrected chi connectivity index (χ1v) is 7.27. The molecule has 1 rings (SSSR count). The van der Waals surface area contributed by atoms with Crippen LogP contribution in [-0.2, 0) is 16.2 Å². The minimum atomic E-state index is -4.78. The largest absolute Gasteiger partial charge is 0.417 e. The first-order valence-electron chi connectivity index (χ1n) is 5.38. The summed E-state index contributed by atoms with van der Waals surface area (Å²) in [6.45, 7) is 2.73. The van der Waals surface area contributed by atoms with E-state index in [-0.39, 0.29) is 4.99 Å². The summed E-state index contributed by atoms with van der Waals surface area (Å²) >= 11 is 4.68. The number of thiocarbonyl (C=S) groups is 1. The van der Waals surface area contributed by atoms with E-state index in [1.54, 1.807) is 0 Å². The smallest absolute Gasteiger partial charge is 0.392 e. The van der Waals surface area contributed by atoms with Crippen LogP contribution in [0.2, 0.25) is 0 Å². The molecule has 0 aliphatic rings. The second-order valence-electron chi connectivity index (χ2n) is 4.59. The first-order chi connectivity index (χ1) is 8.88. The van der Waals surface area contributed by atoms with Crippen molar-refractivity contribution in [2.45, 2.75) is 30.5 Å². The number of sulfonamides is 1. The van der Waals surface area contributed by atoms with Gasteiger partial charge in [-0.25, -0.2) is 8.42 Å². The molecule has 20 heavy (non-hydrogen) atoms. The fraction of sp³-hybridized carbons (Fsp3) is 0.364. The Morgan fingerprint density at radius 3 is 2.20 bits per heavy atom. The molecule has 0 unspecified atom stereocenters.